The number of likely N-dealkylation sites (tertiary alicyclic amines) is 2. The third kappa shape index (κ3) is 5.81. The van der Waals surface area contributed by atoms with Gasteiger partial charge >= 0.3 is 0 Å². The monoisotopic (exact) mass is 385 g/mol. The number of hydrogen-bond donors (Lipinski definition) is 1. The molecule has 2 amide bonds. The lowest BCUT2D eigenvalue weighted by atomic mass is 9.99. The SMILES string of the molecule is CCC(=O)N1CCCC[C@@H]1C(=O)NC[C@H]1CCCCN(Cc2ccccc2)C1. The molecule has 5 heteroatoms. The minimum Gasteiger partial charge on any atom is -0.354 e. The van der Waals surface area contributed by atoms with Crippen LogP contribution in [0.1, 0.15) is 57.4 Å². The number of nitrogens with zero attached hydrogens (tertiary/aromatic N) is 2. The van der Waals surface area contributed by atoms with Crippen molar-refractivity contribution in [1.29, 1.82) is 0 Å². The summed E-state index contributed by atoms with van der Waals surface area (Å²) in [5.74, 6) is 0.623. The van der Waals surface area contributed by atoms with Gasteiger partial charge in [-0.05, 0) is 50.1 Å². The number of carbonyl (C=O) groups excluding carboxylic acids is 2. The highest BCUT2D eigenvalue weighted by Crippen LogP contribution is 2.20. The molecule has 28 heavy (non-hydrogen) atoms. The first kappa shape index (κ1) is 20.8. The Balaban J connectivity index is 1.52. The van der Waals surface area contributed by atoms with E-state index in [0.717, 1.165) is 58.4 Å². The van der Waals surface area contributed by atoms with Crippen LogP contribution in [0.3, 0.4) is 0 Å². The highest BCUT2D eigenvalue weighted by molar-refractivity contribution is 5.87. The summed E-state index contributed by atoms with van der Waals surface area (Å²) in [6.07, 6.45) is 6.90. The molecule has 2 aliphatic heterocycles. The number of benzene rings is 1. The number of rotatable bonds is 6. The van der Waals surface area contributed by atoms with Crippen molar-refractivity contribution in [3.63, 3.8) is 0 Å². The van der Waals surface area contributed by atoms with Crippen LogP contribution in [0.2, 0.25) is 0 Å². The molecular weight excluding hydrogens is 350 g/mol. The van der Waals surface area contributed by atoms with E-state index < -0.39 is 0 Å². The molecule has 1 N–H and O–H groups in total. The van der Waals surface area contributed by atoms with Crippen molar-refractivity contribution in [1.82, 2.24) is 15.1 Å². The highest BCUT2D eigenvalue weighted by Gasteiger charge is 2.31. The zero-order chi connectivity index (χ0) is 19.8. The minimum absolute atomic E-state index is 0.0420. The van der Waals surface area contributed by atoms with Crippen LogP contribution in [0.5, 0.6) is 0 Å². The van der Waals surface area contributed by atoms with Gasteiger partial charge in [-0.25, -0.2) is 0 Å². The number of nitrogens with one attached hydrogen (secondary N) is 1. The van der Waals surface area contributed by atoms with Crippen LogP contribution in [-0.4, -0.2) is 53.8 Å². The predicted molar refractivity (Wildman–Crippen MR) is 112 cm³/mol. The molecule has 0 unspecified atom stereocenters. The Hall–Kier alpha value is -1.88. The number of piperidine rings is 1. The molecule has 3 rings (SSSR count). The molecule has 0 saturated carbocycles. The van der Waals surface area contributed by atoms with E-state index in [0.29, 0.717) is 12.3 Å². The molecule has 0 aromatic heterocycles. The quantitative estimate of drug-likeness (QED) is 0.818. The molecule has 1 aromatic carbocycles. The maximum Gasteiger partial charge on any atom is 0.242 e. The van der Waals surface area contributed by atoms with Gasteiger partial charge in [0.15, 0.2) is 0 Å². The van der Waals surface area contributed by atoms with E-state index in [9.17, 15) is 9.59 Å². The van der Waals surface area contributed by atoms with Crippen LogP contribution < -0.4 is 5.32 Å². The molecule has 5 nitrogen and oxygen atoms in total. The van der Waals surface area contributed by atoms with Gasteiger partial charge in [-0.1, -0.05) is 43.7 Å². The Bertz CT molecular complexity index is 634. The Labute approximate surface area is 169 Å². The summed E-state index contributed by atoms with van der Waals surface area (Å²) in [6, 6.07) is 10.3. The normalized spacial score (nSPS) is 23.8. The van der Waals surface area contributed by atoms with Gasteiger partial charge in [0.1, 0.15) is 6.04 Å². The summed E-state index contributed by atoms with van der Waals surface area (Å²) < 4.78 is 0. The summed E-state index contributed by atoms with van der Waals surface area (Å²) in [4.78, 5) is 29.3. The molecular formula is C23H35N3O2. The molecule has 2 heterocycles. The second-order valence-corrected chi connectivity index (χ2v) is 8.28. The van der Waals surface area contributed by atoms with Crippen LogP contribution in [0.25, 0.3) is 0 Å². The summed E-state index contributed by atoms with van der Waals surface area (Å²) in [5, 5.41) is 3.18. The lowest BCUT2D eigenvalue weighted by molar-refractivity contribution is -0.142. The zero-order valence-corrected chi connectivity index (χ0v) is 17.2. The maximum absolute atomic E-state index is 12.8. The van der Waals surface area contributed by atoms with E-state index in [-0.39, 0.29) is 17.9 Å². The molecule has 1 aromatic rings. The van der Waals surface area contributed by atoms with Crippen molar-refractivity contribution >= 4 is 11.8 Å². The second-order valence-electron chi connectivity index (χ2n) is 8.28. The van der Waals surface area contributed by atoms with Crippen LogP contribution >= 0.6 is 0 Å². The van der Waals surface area contributed by atoms with Gasteiger partial charge in [-0.15, -0.1) is 0 Å². The highest BCUT2D eigenvalue weighted by atomic mass is 16.2. The van der Waals surface area contributed by atoms with Crippen molar-refractivity contribution in [2.75, 3.05) is 26.2 Å². The first-order chi connectivity index (χ1) is 13.7. The summed E-state index contributed by atoms with van der Waals surface area (Å²) in [6.45, 7) is 6.44. The van der Waals surface area contributed by atoms with E-state index in [1.807, 2.05) is 6.92 Å². The van der Waals surface area contributed by atoms with E-state index in [1.165, 1.54) is 18.4 Å². The summed E-state index contributed by atoms with van der Waals surface area (Å²) >= 11 is 0. The third-order valence-electron chi connectivity index (χ3n) is 6.10. The molecule has 0 aliphatic carbocycles. The third-order valence-corrected chi connectivity index (χ3v) is 6.10. The Morgan fingerprint density at radius 3 is 2.57 bits per heavy atom. The molecule has 0 bridgehead atoms. The summed E-state index contributed by atoms with van der Waals surface area (Å²) in [5.41, 5.74) is 1.35. The average Bonchev–Trinajstić information content (AvgIpc) is 2.97. The van der Waals surface area contributed by atoms with Gasteiger partial charge in [0.25, 0.3) is 0 Å². The van der Waals surface area contributed by atoms with Crippen LogP contribution in [0, 0.1) is 5.92 Å². The maximum atomic E-state index is 12.8. The van der Waals surface area contributed by atoms with Gasteiger partial charge in [0.2, 0.25) is 11.8 Å². The second kappa shape index (κ2) is 10.6. The van der Waals surface area contributed by atoms with Crippen molar-refractivity contribution in [3.8, 4) is 0 Å². The fourth-order valence-electron chi connectivity index (χ4n) is 4.54. The van der Waals surface area contributed by atoms with Crippen LogP contribution in [0.15, 0.2) is 30.3 Å². The largest absolute Gasteiger partial charge is 0.354 e. The molecule has 2 saturated heterocycles. The smallest absolute Gasteiger partial charge is 0.242 e. The Morgan fingerprint density at radius 2 is 1.79 bits per heavy atom. The van der Waals surface area contributed by atoms with Gasteiger partial charge in [0, 0.05) is 32.6 Å². The van der Waals surface area contributed by atoms with E-state index in [1.54, 1.807) is 4.90 Å². The van der Waals surface area contributed by atoms with Gasteiger partial charge in [-0.2, -0.15) is 0 Å². The van der Waals surface area contributed by atoms with Crippen LogP contribution in [0.4, 0.5) is 0 Å². The van der Waals surface area contributed by atoms with Gasteiger partial charge in [-0.3, -0.25) is 14.5 Å². The van der Waals surface area contributed by atoms with Crippen molar-refractivity contribution in [3.05, 3.63) is 35.9 Å². The Kier molecular flexibility index (Phi) is 7.90. The van der Waals surface area contributed by atoms with Gasteiger partial charge < -0.3 is 10.2 Å². The number of amides is 2. The van der Waals surface area contributed by atoms with Crippen molar-refractivity contribution in [2.24, 2.45) is 5.92 Å². The molecule has 2 fully saturated rings. The molecule has 0 spiro atoms. The first-order valence-electron chi connectivity index (χ1n) is 11.0. The van der Waals surface area contributed by atoms with Gasteiger partial charge in [0.05, 0.1) is 0 Å². The van der Waals surface area contributed by atoms with Crippen molar-refractivity contribution < 1.29 is 9.59 Å². The molecule has 0 radical (unpaired) electrons. The van der Waals surface area contributed by atoms with Crippen molar-refractivity contribution in [2.45, 2.75) is 64.5 Å². The zero-order valence-electron chi connectivity index (χ0n) is 17.2. The van der Waals surface area contributed by atoms with E-state index in [2.05, 4.69) is 40.5 Å². The lowest BCUT2D eigenvalue weighted by Crippen LogP contribution is -2.52. The van der Waals surface area contributed by atoms with E-state index in [4.69, 9.17) is 0 Å². The topological polar surface area (TPSA) is 52.7 Å². The number of hydrogen-bond acceptors (Lipinski definition) is 3. The fourth-order valence-corrected chi connectivity index (χ4v) is 4.54. The molecule has 154 valence electrons. The van der Waals surface area contributed by atoms with E-state index >= 15 is 0 Å². The first-order valence-corrected chi connectivity index (χ1v) is 11.0. The minimum atomic E-state index is -0.271. The fraction of sp³-hybridized carbons (Fsp3) is 0.652. The molecule has 2 aliphatic rings. The lowest BCUT2D eigenvalue weighted by Gasteiger charge is -2.35. The Morgan fingerprint density at radius 1 is 1.04 bits per heavy atom. The van der Waals surface area contributed by atoms with Crippen LogP contribution in [-0.2, 0) is 16.1 Å². The molecule has 2 atom stereocenters. The number of carbonyl (C=O) groups is 2. The predicted octanol–water partition coefficient (Wildman–Crippen LogP) is 3.20. The standard InChI is InChI=1S/C23H35N3O2/c1-2-22(27)26-15-9-7-13-21(26)23(28)24-16-20-12-6-8-14-25(18-20)17-19-10-4-3-5-11-19/h3-5,10-11,20-21H,2,6-9,12-18H2,1H3,(H,24,28)/t20-,21-/m1/s1. The summed E-state index contributed by atoms with van der Waals surface area (Å²) in [7, 11) is 0. The average molecular weight is 386 g/mol.